The number of allylic oxidation sites excluding steroid dienone is 1. The molecule has 7 nitrogen and oxygen atoms in total. The second-order valence-corrected chi connectivity index (χ2v) is 8.27. The quantitative estimate of drug-likeness (QED) is 0.737. The average Bonchev–Trinajstić information content (AvgIpc) is 2.76. The van der Waals surface area contributed by atoms with Crippen molar-refractivity contribution in [2.24, 2.45) is 5.92 Å². The van der Waals surface area contributed by atoms with E-state index in [0.29, 0.717) is 17.7 Å². The third-order valence-electron chi connectivity index (χ3n) is 5.77. The van der Waals surface area contributed by atoms with E-state index in [1.54, 1.807) is 12.3 Å². The van der Waals surface area contributed by atoms with Gasteiger partial charge in [0, 0.05) is 17.5 Å². The van der Waals surface area contributed by atoms with Gasteiger partial charge in [-0.1, -0.05) is 25.5 Å². The number of rotatable bonds is 4. The van der Waals surface area contributed by atoms with Gasteiger partial charge in [-0.15, -0.1) is 0 Å². The lowest BCUT2D eigenvalue weighted by Gasteiger charge is -2.39. The van der Waals surface area contributed by atoms with Crippen LogP contribution in [-0.2, 0) is 17.3 Å². The van der Waals surface area contributed by atoms with E-state index in [0.717, 1.165) is 30.3 Å². The number of aromatic nitrogens is 3. The summed E-state index contributed by atoms with van der Waals surface area (Å²) in [5.41, 5.74) is 2.42. The molecule has 1 aliphatic carbocycles. The van der Waals surface area contributed by atoms with Crippen molar-refractivity contribution in [3.63, 3.8) is 0 Å². The molecule has 0 aromatic carbocycles. The van der Waals surface area contributed by atoms with Gasteiger partial charge in [-0.25, -0.2) is 4.98 Å². The number of nitrogens with zero attached hydrogens (tertiary/aromatic N) is 3. The summed E-state index contributed by atoms with van der Waals surface area (Å²) in [6.07, 6.45) is -2.52. The van der Waals surface area contributed by atoms with Crippen LogP contribution in [0.4, 0.5) is 13.2 Å². The summed E-state index contributed by atoms with van der Waals surface area (Å²) in [5.74, 6) is -0.0868. The van der Waals surface area contributed by atoms with Crippen LogP contribution < -0.4 is 4.74 Å². The Hall–Kier alpha value is -2.56. The molecule has 10 heteroatoms. The highest BCUT2D eigenvalue weighted by atomic mass is 19.4. The third-order valence-corrected chi connectivity index (χ3v) is 5.77. The van der Waals surface area contributed by atoms with Gasteiger partial charge in [0.25, 0.3) is 0 Å². The topological polar surface area (TPSA) is 97.6 Å². The predicted octanol–water partition coefficient (Wildman–Crippen LogP) is 3.12. The third kappa shape index (κ3) is 4.48. The minimum atomic E-state index is -4.70. The fourth-order valence-corrected chi connectivity index (χ4v) is 4.00. The normalized spacial score (nSPS) is 25.9. The molecule has 3 heterocycles. The van der Waals surface area contributed by atoms with Crippen molar-refractivity contribution >= 4 is 6.08 Å². The summed E-state index contributed by atoms with van der Waals surface area (Å²) < 4.78 is 50.6. The Kier molecular flexibility index (Phi) is 6.19. The van der Waals surface area contributed by atoms with E-state index in [2.05, 4.69) is 28.8 Å². The minimum absolute atomic E-state index is 0.155. The Balaban J connectivity index is 1.72. The fourth-order valence-electron chi connectivity index (χ4n) is 4.00. The summed E-state index contributed by atoms with van der Waals surface area (Å²) in [6, 6.07) is 1.74. The first-order valence-electron chi connectivity index (χ1n) is 10.4. The maximum atomic E-state index is 13.0. The van der Waals surface area contributed by atoms with Crippen LogP contribution in [0.3, 0.4) is 0 Å². The summed E-state index contributed by atoms with van der Waals surface area (Å²) >= 11 is 0. The fraction of sp³-hybridized carbons (Fsp3) is 0.500. The molecular formula is C22H24F3N3O4. The Bertz CT molecular complexity index is 1010. The zero-order valence-corrected chi connectivity index (χ0v) is 17.6. The van der Waals surface area contributed by atoms with Crippen LogP contribution in [0.25, 0.3) is 6.08 Å². The molecule has 0 spiro atoms. The number of hydrogen-bond acceptors (Lipinski definition) is 7. The molecule has 4 unspecified atom stereocenters. The number of fused-ring (bicyclic) bond motifs is 1. The lowest BCUT2D eigenvalue weighted by atomic mass is 9.84. The highest BCUT2D eigenvalue weighted by Crippen LogP contribution is 2.38. The van der Waals surface area contributed by atoms with E-state index in [4.69, 9.17) is 9.47 Å². The molecule has 172 valence electrons. The molecule has 2 aromatic rings. The molecule has 1 saturated heterocycles. The molecule has 2 aliphatic rings. The summed E-state index contributed by atoms with van der Waals surface area (Å²) in [4.78, 5) is 11.5. The molecule has 1 aliphatic heterocycles. The molecule has 32 heavy (non-hydrogen) atoms. The van der Waals surface area contributed by atoms with Crippen molar-refractivity contribution in [3.8, 4) is 5.88 Å². The smallest absolute Gasteiger partial charge is 0.435 e. The Morgan fingerprint density at radius 2 is 1.97 bits per heavy atom. The van der Waals surface area contributed by atoms with Gasteiger partial charge < -0.3 is 19.7 Å². The van der Waals surface area contributed by atoms with Gasteiger partial charge >= 0.3 is 6.18 Å². The maximum absolute atomic E-state index is 13.0. The standard InChI is InChI=1S/C22H24F3N3O4/c1-11(2)12-3-4-15-14(7-12)13(5-6-27-15)20-21(19(30)16(29)10-31-20)32-18-9-26-8-17(28-18)22(23,24)25/h5-9,11,16,19-21,29-30H,3-4,10H2,1-2H3. The first kappa shape index (κ1) is 22.6. The van der Waals surface area contributed by atoms with Crippen LogP contribution in [-0.4, -0.2) is 50.1 Å². The Labute approximate surface area is 183 Å². The van der Waals surface area contributed by atoms with Gasteiger partial charge in [0.05, 0.1) is 19.0 Å². The number of halogens is 3. The molecule has 0 bridgehead atoms. The summed E-state index contributed by atoms with van der Waals surface area (Å²) in [5, 5.41) is 20.8. The number of aryl methyl sites for hydroxylation is 1. The predicted molar refractivity (Wildman–Crippen MR) is 108 cm³/mol. The van der Waals surface area contributed by atoms with E-state index in [1.165, 1.54) is 5.57 Å². The first-order chi connectivity index (χ1) is 15.1. The molecular weight excluding hydrogens is 427 g/mol. The van der Waals surface area contributed by atoms with E-state index in [-0.39, 0.29) is 6.61 Å². The van der Waals surface area contributed by atoms with Gasteiger partial charge in [-0.05, 0) is 30.4 Å². The molecule has 0 saturated carbocycles. The van der Waals surface area contributed by atoms with Crippen molar-refractivity contribution in [1.29, 1.82) is 0 Å². The average molecular weight is 451 g/mol. The number of pyridine rings is 1. The van der Waals surface area contributed by atoms with Crippen molar-refractivity contribution in [2.75, 3.05) is 6.61 Å². The van der Waals surface area contributed by atoms with Gasteiger partial charge in [0.15, 0.2) is 11.8 Å². The SMILES string of the molecule is CC(C)C1=Cc2c(C3OCC(O)C(O)C3Oc3cncc(C(F)(F)F)n3)ccnc2CC1. The van der Waals surface area contributed by atoms with Crippen molar-refractivity contribution in [1.82, 2.24) is 15.0 Å². The Morgan fingerprint density at radius 3 is 2.69 bits per heavy atom. The number of aliphatic hydroxyl groups excluding tert-OH is 2. The zero-order valence-electron chi connectivity index (χ0n) is 17.6. The van der Waals surface area contributed by atoms with Crippen molar-refractivity contribution in [2.45, 2.75) is 57.3 Å². The zero-order chi connectivity index (χ0) is 23.0. The first-order valence-corrected chi connectivity index (χ1v) is 10.4. The monoisotopic (exact) mass is 451 g/mol. The van der Waals surface area contributed by atoms with Gasteiger partial charge in [-0.3, -0.25) is 9.97 Å². The highest BCUT2D eigenvalue weighted by molar-refractivity contribution is 5.62. The van der Waals surface area contributed by atoms with Gasteiger partial charge in [-0.2, -0.15) is 13.2 Å². The lowest BCUT2D eigenvalue weighted by molar-refractivity contribution is -0.182. The van der Waals surface area contributed by atoms with Crippen LogP contribution in [0.15, 0.2) is 30.2 Å². The largest absolute Gasteiger partial charge is 0.467 e. The van der Waals surface area contributed by atoms with Crippen LogP contribution in [0.5, 0.6) is 5.88 Å². The molecule has 4 atom stereocenters. The van der Waals surface area contributed by atoms with Crippen molar-refractivity contribution < 1.29 is 32.9 Å². The number of hydrogen-bond donors (Lipinski definition) is 2. The van der Waals surface area contributed by atoms with E-state index in [9.17, 15) is 23.4 Å². The minimum Gasteiger partial charge on any atom is -0.467 e. The Morgan fingerprint density at radius 1 is 1.19 bits per heavy atom. The highest BCUT2D eigenvalue weighted by Gasteiger charge is 2.43. The molecule has 0 amide bonds. The molecule has 0 radical (unpaired) electrons. The summed E-state index contributed by atoms with van der Waals surface area (Å²) in [6.45, 7) is 4.04. The molecule has 1 fully saturated rings. The number of aliphatic hydroxyl groups is 2. The number of ether oxygens (including phenoxy) is 2. The maximum Gasteiger partial charge on any atom is 0.435 e. The lowest BCUT2D eigenvalue weighted by Crippen LogP contribution is -2.52. The summed E-state index contributed by atoms with van der Waals surface area (Å²) in [7, 11) is 0. The van der Waals surface area contributed by atoms with Crippen LogP contribution in [0, 0.1) is 5.92 Å². The van der Waals surface area contributed by atoms with E-state index < -0.39 is 42.2 Å². The van der Waals surface area contributed by atoms with E-state index >= 15 is 0 Å². The molecule has 2 N–H and O–H groups in total. The van der Waals surface area contributed by atoms with Crippen molar-refractivity contribution in [3.05, 3.63) is 52.7 Å². The van der Waals surface area contributed by atoms with E-state index in [1.807, 2.05) is 6.08 Å². The van der Waals surface area contributed by atoms with Gasteiger partial charge in [0.1, 0.15) is 18.3 Å². The molecule has 4 rings (SSSR count). The second kappa shape index (κ2) is 8.76. The molecule has 2 aromatic heterocycles. The number of alkyl halides is 3. The van der Waals surface area contributed by atoms with Crippen LogP contribution in [0.2, 0.25) is 0 Å². The second-order valence-electron chi connectivity index (χ2n) is 8.27. The van der Waals surface area contributed by atoms with Crippen LogP contribution in [0.1, 0.15) is 48.9 Å². The van der Waals surface area contributed by atoms with Gasteiger partial charge in [0.2, 0.25) is 5.88 Å². The van der Waals surface area contributed by atoms with Crippen LogP contribution >= 0.6 is 0 Å².